The second kappa shape index (κ2) is 20.0. The van der Waals surface area contributed by atoms with E-state index < -0.39 is 0 Å². The summed E-state index contributed by atoms with van der Waals surface area (Å²) in [5.74, 6) is 0. The molecule has 0 radical (unpaired) electrons. The minimum absolute atomic E-state index is 0.0131. The second-order valence-electron chi connectivity index (χ2n) is 28.5. The molecule has 14 rings (SSSR count). The Labute approximate surface area is 514 Å². The van der Waals surface area contributed by atoms with Crippen LogP contribution in [0.15, 0.2) is 212 Å². The molecule has 0 N–H and O–H groups in total. The lowest BCUT2D eigenvalue weighted by atomic mass is 9.33. The first kappa shape index (κ1) is 55.3. The molecule has 6 heteroatoms. The van der Waals surface area contributed by atoms with E-state index in [2.05, 4.69) is 329 Å². The maximum absolute atomic E-state index is 2.65. The van der Waals surface area contributed by atoms with Gasteiger partial charge in [-0.1, -0.05) is 186 Å². The van der Waals surface area contributed by atoms with Gasteiger partial charge in [-0.25, -0.2) is 0 Å². The molecule has 0 amide bonds. The molecule has 86 heavy (non-hydrogen) atoms. The molecule has 0 saturated carbocycles. The van der Waals surface area contributed by atoms with Crippen molar-refractivity contribution in [2.75, 3.05) is 14.7 Å². The van der Waals surface area contributed by atoms with Gasteiger partial charge in [-0.2, -0.15) is 0 Å². The Balaban J connectivity index is 1.06. The average molecular weight is 1140 g/mol. The maximum atomic E-state index is 2.65. The Bertz CT molecular complexity index is 4590. The quantitative estimate of drug-likeness (QED) is 0.148. The van der Waals surface area contributed by atoms with Crippen LogP contribution < -0.4 is 31.1 Å². The predicted molar refractivity (Wildman–Crippen MR) is 375 cm³/mol. The highest BCUT2D eigenvalue weighted by Crippen LogP contribution is 2.50. The molecule has 0 saturated heterocycles. The number of benzene rings is 10. The molecule has 0 bridgehead atoms. The van der Waals surface area contributed by atoms with Crippen molar-refractivity contribution in [2.45, 2.75) is 119 Å². The summed E-state index contributed by atoms with van der Waals surface area (Å²) >= 11 is 1.89. The first-order valence-electron chi connectivity index (χ1n) is 30.8. The summed E-state index contributed by atoms with van der Waals surface area (Å²) in [4.78, 5) is 9.04. The van der Waals surface area contributed by atoms with Gasteiger partial charge in [0, 0.05) is 77.2 Å². The number of nitrogens with zero attached hydrogens (tertiary/aromatic N) is 4. The van der Waals surface area contributed by atoms with Crippen LogP contribution in [-0.2, 0) is 21.7 Å². The molecule has 0 aliphatic carbocycles. The van der Waals surface area contributed by atoms with E-state index in [4.69, 9.17) is 0 Å². The summed E-state index contributed by atoms with van der Waals surface area (Å²) in [5, 5.41) is 3.75. The van der Waals surface area contributed by atoms with E-state index in [-0.39, 0.29) is 28.4 Å². The smallest absolute Gasteiger partial charge is 0.252 e. The van der Waals surface area contributed by atoms with E-state index >= 15 is 0 Å². The van der Waals surface area contributed by atoms with Gasteiger partial charge in [-0.05, 0) is 205 Å². The Morgan fingerprint density at radius 2 is 0.919 bits per heavy atom. The Morgan fingerprint density at radius 3 is 1.57 bits per heavy atom. The molecule has 10 aromatic carbocycles. The van der Waals surface area contributed by atoms with Crippen LogP contribution in [-0.4, -0.2) is 11.3 Å². The summed E-state index contributed by atoms with van der Waals surface area (Å²) in [6.45, 7) is 32.6. The number of para-hydroxylation sites is 2. The second-order valence-corrected chi connectivity index (χ2v) is 29.6. The molecule has 4 heterocycles. The largest absolute Gasteiger partial charge is 0.311 e. The third kappa shape index (κ3) is 9.26. The number of anilines is 9. The van der Waals surface area contributed by atoms with Crippen LogP contribution in [0.4, 0.5) is 51.2 Å². The molecular formula is C80H77BN4S. The summed E-state index contributed by atoms with van der Waals surface area (Å²) < 4.78 is 3.75. The molecule has 2 aromatic heterocycles. The van der Waals surface area contributed by atoms with E-state index in [9.17, 15) is 0 Å². The molecule has 0 fully saturated rings. The van der Waals surface area contributed by atoms with Gasteiger partial charge in [0.2, 0.25) is 0 Å². The van der Waals surface area contributed by atoms with E-state index in [1.54, 1.807) is 0 Å². The molecule has 2 aliphatic rings. The average Bonchev–Trinajstić information content (AvgIpc) is 0.896. The Kier molecular flexibility index (Phi) is 12.9. The zero-order chi connectivity index (χ0) is 59.9. The third-order valence-corrected chi connectivity index (χ3v) is 19.5. The molecule has 4 nitrogen and oxygen atoms in total. The first-order valence-corrected chi connectivity index (χ1v) is 31.6. The van der Waals surface area contributed by atoms with Crippen molar-refractivity contribution in [1.82, 2.24) is 4.57 Å². The van der Waals surface area contributed by atoms with Crippen molar-refractivity contribution in [3.05, 3.63) is 246 Å². The first-order chi connectivity index (χ1) is 41.0. The SMILES string of the molecule is Cc1cc(N2c3cc(N(c4ccc(C(C)(C)C)cc4)c4ccc5c6ccccc6n(-c6ccccc6)c5c4)ccc3B3c4cc(C(C)(C)C)ccc4N(c4ccc(C(C)(C)C)cc4)c4cc(C(C)(C)C)cc2c43)cc(C)c1-c1cc2ccccc2s1. The van der Waals surface area contributed by atoms with Crippen LogP contribution in [0.3, 0.4) is 0 Å². The summed E-state index contributed by atoms with van der Waals surface area (Å²) in [6.07, 6.45) is 0. The van der Waals surface area contributed by atoms with Crippen molar-refractivity contribution in [2.24, 2.45) is 0 Å². The number of fused-ring (bicyclic) bond motifs is 8. The highest BCUT2D eigenvalue weighted by atomic mass is 32.1. The minimum Gasteiger partial charge on any atom is -0.311 e. The molecule has 0 atom stereocenters. The van der Waals surface area contributed by atoms with Crippen molar-refractivity contribution >= 4 is 118 Å². The van der Waals surface area contributed by atoms with Gasteiger partial charge in [0.25, 0.3) is 6.71 Å². The van der Waals surface area contributed by atoms with Gasteiger partial charge in [0.15, 0.2) is 0 Å². The monoisotopic (exact) mass is 1140 g/mol. The lowest BCUT2D eigenvalue weighted by molar-refractivity contribution is 0.589. The number of rotatable bonds is 7. The van der Waals surface area contributed by atoms with E-state index in [0.29, 0.717) is 0 Å². The number of hydrogen-bond acceptors (Lipinski definition) is 4. The van der Waals surface area contributed by atoms with E-state index in [0.717, 1.165) is 39.6 Å². The fraction of sp³-hybridized carbons (Fsp3) is 0.225. The minimum atomic E-state index is -0.180. The summed E-state index contributed by atoms with van der Waals surface area (Å²) in [6, 6.07) is 81.5. The lowest BCUT2D eigenvalue weighted by Crippen LogP contribution is -2.61. The fourth-order valence-corrected chi connectivity index (χ4v) is 15.0. The predicted octanol–water partition coefficient (Wildman–Crippen LogP) is 21.0. The summed E-state index contributed by atoms with van der Waals surface area (Å²) in [7, 11) is 0. The van der Waals surface area contributed by atoms with E-state index in [1.165, 1.54) is 109 Å². The molecule has 0 unspecified atom stereocenters. The van der Waals surface area contributed by atoms with Gasteiger partial charge in [0.1, 0.15) is 0 Å². The van der Waals surface area contributed by atoms with Crippen LogP contribution in [0.1, 0.15) is 116 Å². The molecule has 12 aromatic rings. The van der Waals surface area contributed by atoms with Crippen LogP contribution in [0.25, 0.3) is 48.0 Å². The van der Waals surface area contributed by atoms with Crippen molar-refractivity contribution in [3.63, 3.8) is 0 Å². The van der Waals surface area contributed by atoms with Crippen LogP contribution in [0.5, 0.6) is 0 Å². The number of aryl methyl sites for hydroxylation is 2. The number of hydrogen-bond donors (Lipinski definition) is 0. The van der Waals surface area contributed by atoms with Crippen LogP contribution in [0, 0.1) is 13.8 Å². The zero-order valence-corrected chi connectivity index (χ0v) is 53.3. The molecule has 0 spiro atoms. The highest BCUT2D eigenvalue weighted by molar-refractivity contribution is 7.22. The van der Waals surface area contributed by atoms with E-state index in [1.807, 2.05) is 11.3 Å². The summed E-state index contributed by atoms with van der Waals surface area (Å²) in [5.41, 5.74) is 26.7. The van der Waals surface area contributed by atoms with Crippen molar-refractivity contribution in [3.8, 4) is 16.1 Å². The third-order valence-electron chi connectivity index (χ3n) is 18.4. The van der Waals surface area contributed by atoms with Gasteiger partial charge in [0.05, 0.1) is 11.0 Å². The fourth-order valence-electron chi connectivity index (χ4n) is 13.8. The number of thiophene rings is 1. The Hall–Kier alpha value is -8.58. The van der Waals surface area contributed by atoms with Gasteiger partial charge in [-0.3, -0.25) is 0 Å². The van der Waals surface area contributed by atoms with Crippen molar-refractivity contribution in [1.29, 1.82) is 0 Å². The number of aromatic nitrogens is 1. The Morgan fingerprint density at radius 1 is 0.372 bits per heavy atom. The van der Waals surface area contributed by atoms with Crippen LogP contribution >= 0.6 is 11.3 Å². The van der Waals surface area contributed by atoms with Gasteiger partial charge < -0.3 is 19.3 Å². The highest BCUT2D eigenvalue weighted by Gasteiger charge is 2.45. The standard InChI is InChI=1S/C80H77BN4S/c1-50-42-62(43-51(2)75(50)74-44-52-22-18-21-27-73(52)86-74)85-70-49-61(82(58-33-28-53(29-34-58)77(3,4)5)60-37-39-64-63-25-19-20-26-67(63)83(69(64)48-60)57-23-16-15-17-24-57)38-40-65(70)81-66-45-55(79(9,10)11)32-41-68(66)84(59-35-30-54(31-36-59)78(6,7)8)71-46-56(80(12,13)14)47-72(85)76(71)81/h15-49H,1-14H3. The van der Waals surface area contributed by atoms with Gasteiger partial charge in [-0.15, -0.1) is 11.3 Å². The topological polar surface area (TPSA) is 14.7 Å². The lowest BCUT2D eigenvalue weighted by Gasteiger charge is -2.46. The molecular weight excluding hydrogens is 1060 g/mol. The van der Waals surface area contributed by atoms with Gasteiger partial charge >= 0.3 is 0 Å². The van der Waals surface area contributed by atoms with Crippen molar-refractivity contribution < 1.29 is 0 Å². The molecule has 426 valence electrons. The zero-order valence-electron chi connectivity index (χ0n) is 52.5. The molecule has 2 aliphatic heterocycles. The van der Waals surface area contributed by atoms with Crippen LogP contribution in [0.2, 0.25) is 0 Å². The normalized spacial score (nSPS) is 13.4. The maximum Gasteiger partial charge on any atom is 0.252 e.